The van der Waals surface area contributed by atoms with Gasteiger partial charge in [-0.15, -0.1) is 0 Å². The molecule has 2 aromatic heterocycles. The number of benzene rings is 3. The maximum absolute atomic E-state index is 14.6. The van der Waals surface area contributed by atoms with Crippen LogP contribution in [0.5, 0.6) is 5.75 Å². The Hall–Kier alpha value is -4.86. The van der Waals surface area contributed by atoms with Gasteiger partial charge in [-0.05, 0) is 59.4 Å². The van der Waals surface area contributed by atoms with Crippen LogP contribution in [0.4, 0.5) is 19.4 Å². The van der Waals surface area contributed by atoms with Crippen LogP contribution in [0.2, 0.25) is 5.02 Å². The summed E-state index contributed by atoms with van der Waals surface area (Å²) in [4.78, 5) is 30.6. The number of methoxy groups -OCH3 is 1. The van der Waals surface area contributed by atoms with Crippen molar-refractivity contribution >= 4 is 45.7 Å². The molecule has 0 bridgehead atoms. The number of nitrogens with two attached hydrogens (primary N) is 1. The van der Waals surface area contributed by atoms with Gasteiger partial charge in [-0.3, -0.25) is 22.6 Å². The van der Waals surface area contributed by atoms with Gasteiger partial charge in [0.05, 0.1) is 28.7 Å². The van der Waals surface area contributed by atoms with Crippen LogP contribution in [0.25, 0.3) is 16.6 Å². The molecule has 264 valence electrons. The number of hydrogen-bond acceptors (Lipinski definition) is 8. The number of fused-ring (bicyclic) bond motifs is 1. The number of ether oxygens (including phenoxy) is 2. The highest BCUT2D eigenvalue weighted by Gasteiger charge is 2.40. The summed E-state index contributed by atoms with van der Waals surface area (Å²) in [5.41, 5.74) is 5.42. The van der Waals surface area contributed by atoms with Gasteiger partial charge >= 0.3 is 6.09 Å². The smallest absolute Gasteiger partial charge is 0.405 e. The second kappa shape index (κ2) is 14.5. The summed E-state index contributed by atoms with van der Waals surface area (Å²) in [5.74, 6) is -2.18. The van der Waals surface area contributed by atoms with Crippen molar-refractivity contribution in [2.24, 2.45) is 18.2 Å². The summed E-state index contributed by atoms with van der Waals surface area (Å²) in [6, 6.07) is 14.2. The van der Waals surface area contributed by atoms with Gasteiger partial charge in [0, 0.05) is 49.1 Å². The zero-order chi connectivity index (χ0) is 36.5. The minimum Gasteiger partial charge on any atom is -0.755 e. The summed E-state index contributed by atoms with van der Waals surface area (Å²) < 4.78 is 68.8. The van der Waals surface area contributed by atoms with Gasteiger partial charge in [-0.1, -0.05) is 44.5 Å². The van der Waals surface area contributed by atoms with E-state index in [2.05, 4.69) is 10.1 Å². The number of amides is 1. The monoisotopic (exact) mass is 727 g/mol. The topological polar surface area (TPSA) is 158 Å². The average molecular weight is 728 g/mol. The van der Waals surface area contributed by atoms with Crippen LogP contribution in [-0.2, 0) is 29.5 Å². The van der Waals surface area contributed by atoms with Crippen molar-refractivity contribution in [2.45, 2.75) is 39.2 Å². The molecule has 0 aliphatic rings. The van der Waals surface area contributed by atoms with Gasteiger partial charge in [0.2, 0.25) is 0 Å². The van der Waals surface area contributed by atoms with E-state index < -0.39 is 52.0 Å². The Morgan fingerprint density at radius 2 is 1.76 bits per heavy atom. The third-order valence-electron chi connectivity index (χ3n) is 8.17. The van der Waals surface area contributed by atoms with Crippen LogP contribution in [0.15, 0.2) is 71.7 Å². The zero-order valence-electron chi connectivity index (χ0n) is 27.7. The van der Waals surface area contributed by atoms with E-state index in [0.29, 0.717) is 18.2 Å². The summed E-state index contributed by atoms with van der Waals surface area (Å²) in [7, 11) is 3.09. The Morgan fingerprint density at radius 3 is 2.34 bits per heavy atom. The lowest BCUT2D eigenvalue weighted by molar-refractivity contribution is 0.0506. The molecule has 5 aromatic rings. The third kappa shape index (κ3) is 7.49. The number of aromatic nitrogens is 4. The molecule has 3 unspecified atom stereocenters. The maximum atomic E-state index is 14.6. The number of carbonyl (C=O) groups excluding carboxylic acids is 1. The lowest BCUT2D eigenvalue weighted by Crippen LogP contribution is -2.35. The predicted octanol–water partition coefficient (Wildman–Crippen LogP) is 5.87. The number of anilines is 1. The molecule has 3 atom stereocenters. The number of primary amides is 1. The minimum absolute atomic E-state index is 0.000810. The molecule has 0 saturated heterocycles. The Balaban J connectivity index is 1.71. The first-order valence-electron chi connectivity index (χ1n) is 15.3. The van der Waals surface area contributed by atoms with Crippen molar-refractivity contribution in [3.05, 3.63) is 111 Å². The van der Waals surface area contributed by atoms with Crippen LogP contribution in [-0.4, -0.2) is 47.8 Å². The number of halogens is 3. The molecule has 1 amide bonds. The fourth-order valence-corrected chi connectivity index (χ4v) is 6.86. The number of carbonyl (C=O) groups is 1. The van der Waals surface area contributed by atoms with Gasteiger partial charge in [0.1, 0.15) is 17.4 Å². The van der Waals surface area contributed by atoms with Gasteiger partial charge in [0.15, 0.2) is 17.7 Å². The van der Waals surface area contributed by atoms with Crippen molar-refractivity contribution in [1.29, 1.82) is 0 Å². The molecule has 0 spiro atoms. The minimum atomic E-state index is -2.79. The highest BCUT2D eigenvalue weighted by Crippen LogP contribution is 2.46. The average Bonchev–Trinajstić information content (AvgIpc) is 3.37. The molecular weight excluding hydrogens is 694 g/mol. The van der Waals surface area contributed by atoms with Crippen molar-refractivity contribution < 1.29 is 31.8 Å². The molecule has 5 rings (SSSR count). The highest BCUT2D eigenvalue weighted by molar-refractivity contribution is 7.80. The van der Waals surface area contributed by atoms with E-state index >= 15 is 0 Å². The number of rotatable bonds is 11. The lowest BCUT2D eigenvalue weighted by Gasteiger charge is -2.37. The molecule has 0 aliphatic carbocycles. The van der Waals surface area contributed by atoms with Gasteiger partial charge in [-0.2, -0.15) is 5.10 Å². The van der Waals surface area contributed by atoms with E-state index in [-0.39, 0.29) is 45.4 Å². The normalized spacial score (nSPS) is 13.5. The van der Waals surface area contributed by atoms with Crippen LogP contribution in [0, 0.1) is 17.0 Å². The van der Waals surface area contributed by atoms with Crippen molar-refractivity contribution in [1.82, 2.24) is 19.3 Å². The molecule has 0 saturated carbocycles. The van der Waals surface area contributed by atoms with E-state index in [0.717, 1.165) is 26.6 Å². The van der Waals surface area contributed by atoms with Crippen LogP contribution in [0.3, 0.4) is 0 Å². The quantitative estimate of drug-likeness (QED) is 0.166. The van der Waals surface area contributed by atoms with Crippen LogP contribution >= 0.6 is 11.6 Å². The second-order valence-corrected chi connectivity index (χ2v) is 13.8. The number of nitrogens with zero attached hydrogens (tertiary/aromatic N) is 5. The zero-order valence-corrected chi connectivity index (χ0v) is 29.3. The summed E-state index contributed by atoms with van der Waals surface area (Å²) >= 11 is 3.92. The Labute approximate surface area is 293 Å². The summed E-state index contributed by atoms with van der Waals surface area (Å²) in [5, 5.41) is 4.86. The van der Waals surface area contributed by atoms with E-state index in [4.69, 9.17) is 26.8 Å². The molecular formula is C34H34ClF2N6O6S-. The van der Waals surface area contributed by atoms with Crippen molar-refractivity contribution in [3.63, 3.8) is 0 Å². The first-order chi connectivity index (χ1) is 23.6. The van der Waals surface area contributed by atoms with Gasteiger partial charge in [0.25, 0.3) is 5.56 Å². The SMILES string of the molecule is COc1ccc(CCN(c2nn(C)c3c(-n4c(C(OC(N)=O)C(c5cc(F)cc(F)c5)C(C)(C)C)nccc4=O)ccc(Cl)c23)S(=O)[O-])cc1. The summed E-state index contributed by atoms with van der Waals surface area (Å²) in [6.45, 7) is 5.29. The first-order valence-corrected chi connectivity index (χ1v) is 16.7. The molecule has 2 heterocycles. The molecule has 3 aromatic carbocycles. The third-order valence-corrected chi connectivity index (χ3v) is 9.20. The largest absolute Gasteiger partial charge is 0.755 e. The van der Waals surface area contributed by atoms with Crippen molar-refractivity contribution in [2.75, 3.05) is 18.0 Å². The Kier molecular flexibility index (Phi) is 10.6. The Bertz CT molecular complexity index is 2120. The lowest BCUT2D eigenvalue weighted by atomic mass is 9.72. The van der Waals surface area contributed by atoms with Gasteiger partial charge in [-0.25, -0.2) is 18.6 Å². The molecule has 0 radical (unpaired) electrons. The van der Waals surface area contributed by atoms with Crippen LogP contribution in [0.1, 0.15) is 49.7 Å². The second-order valence-electron chi connectivity index (χ2n) is 12.5. The fourth-order valence-electron chi connectivity index (χ4n) is 6.11. The molecule has 2 N–H and O–H groups in total. The number of aryl methyl sites for hydroxylation is 1. The fraction of sp³-hybridized carbons (Fsp3) is 0.294. The van der Waals surface area contributed by atoms with E-state index in [1.165, 1.54) is 29.1 Å². The van der Waals surface area contributed by atoms with E-state index in [1.807, 2.05) is 12.1 Å². The number of hydrogen-bond donors (Lipinski definition) is 1. The Morgan fingerprint density at radius 1 is 1.10 bits per heavy atom. The maximum Gasteiger partial charge on any atom is 0.405 e. The highest BCUT2D eigenvalue weighted by atomic mass is 35.5. The summed E-state index contributed by atoms with van der Waals surface area (Å²) in [6.07, 6.45) is -1.14. The predicted molar refractivity (Wildman–Crippen MR) is 184 cm³/mol. The molecule has 12 nitrogen and oxygen atoms in total. The molecule has 0 aliphatic heterocycles. The standard InChI is InChI=1S/C34H35ClF2N6O6S/c1-34(2,3)28(20-16-21(36)18-22(37)17-20)30(49-33(38)45)32-39-14-12-26(44)43(32)25-11-10-24(35)27-29(25)41(4)40-31(27)42(50(46)47)15-13-19-6-8-23(48-5)9-7-19/h6-12,14,16-18,28,30H,13,15H2,1-5H3,(H2,38,45)(H,46,47)/p-1. The van der Waals surface area contributed by atoms with E-state index in [1.54, 1.807) is 47.1 Å². The van der Waals surface area contributed by atoms with E-state index in [9.17, 15) is 27.1 Å². The van der Waals surface area contributed by atoms with Gasteiger partial charge < -0.3 is 19.8 Å². The van der Waals surface area contributed by atoms with Crippen molar-refractivity contribution in [3.8, 4) is 11.4 Å². The first kappa shape index (κ1) is 36.4. The molecule has 50 heavy (non-hydrogen) atoms. The molecule has 0 fully saturated rings. The van der Waals surface area contributed by atoms with Crippen LogP contribution < -0.4 is 20.3 Å². The molecule has 16 heteroatoms.